The summed E-state index contributed by atoms with van der Waals surface area (Å²) in [5, 5.41) is 14.0. The van der Waals surface area contributed by atoms with Crippen molar-refractivity contribution in [3.8, 4) is 5.75 Å². The van der Waals surface area contributed by atoms with Crippen molar-refractivity contribution in [1.29, 1.82) is 0 Å². The third-order valence-corrected chi connectivity index (χ3v) is 2.90. The molecule has 6 nitrogen and oxygen atoms in total. The molecular formula is C15H17N3O3. The molecule has 2 aromatic carbocycles. The molecule has 0 radical (unpaired) electrons. The summed E-state index contributed by atoms with van der Waals surface area (Å²) >= 11 is 0. The van der Waals surface area contributed by atoms with E-state index in [0.717, 1.165) is 12.2 Å². The van der Waals surface area contributed by atoms with E-state index >= 15 is 0 Å². The molecular weight excluding hydrogens is 270 g/mol. The first-order chi connectivity index (χ1) is 10.2. The maximum atomic E-state index is 11.0. The Balaban J connectivity index is 1.81. The summed E-state index contributed by atoms with van der Waals surface area (Å²) in [6.07, 6.45) is 0.723. The predicted molar refractivity (Wildman–Crippen MR) is 82.6 cm³/mol. The van der Waals surface area contributed by atoms with Crippen LogP contribution in [-0.2, 0) is 0 Å². The zero-order valence-electron chi connectivity index (χ0n) is 11.5. The normalized spacial score (nSPS) is 10.1. The molecule has 2 rings (SSSR count). The van der Waals surface area contributed by atoms with Crippen LogP contribution in [0, 0.1) is 10.1 Å². The summed E-state index contributed by atoms with van der Waals surface area (Å²) in [7, 11) is 0. The van der Waals surface area contributed by atoms with Crippen LogP contribution in [0.15, 0.2) is 48.5 Å². The fraction of sp³-hybridized carbons (Fsp3) is 0.200. The standard InChI is InChI=1S/C15H17N3O3/c16-13-8-4-9-14(15(13)18(19)20)17-10-5-11-21-12-6-2-1-3-7-12/h1-4,6-9,17H,5,10-11,16H2. The average Bonchev–Trinajstić information content (AvgIpc) is 2.47. The topological polar surface area (TPSA) is 90.4 Å². The lowest BCUT2D eigenvalue weighted by atomic mass is 10.2. The molecule has 0 bridgehead atoms. The van der Waals surface area contributed by atoms with Gasteiger partial charge in [0.1, 0.15) is 17.1 Å². The molecule has 0 unspecified atom stereocenters. The summed E-state index contributed by atoms with van der Waals surface area (Å²) in [5.74, 6) is 0.812. The number of para-hydroxylation sites is 2. The van der Waals surface area contributed by atoms with Crippen LogP contribution in [0.5, 0.6) is 5.75 Å². The molecule has 3 N–H and O–H groups in total. The highest BCUT2D eigenvalue weighted by Gasteiger charge is 2.16. The second kappa shape index (κ2) is 7.14. The first kappa shape index (κ1) is 14.6. The van der Waals surface area contributed by atoms with Gasteiger partial charge in [0.25, 0.3) is 0 Å². The Labute approximate surface area is 122 Å². The Morgan fingerprint density at radius 3 is 2.62 bits per heavy atom. The summed E-state index contributed by atoms with van der Waals surface area (Å²) in [6.45, 7) is 1.10. The number of rotatable bonds is 7. The number of nitrogens with zero attached hydrogens (tertiary/aromatic N) is 1. The number of benzene rings is 2. The Bertz CT molecular complexity index is 602. The van der Waals surface area contributed by atoms with E-state index in [9.17, 15) is 10.1 Å². The van der Waals surface area contributed by atoms with Gasteiger partial charge >= 0.3 is 5.69 Å². The molecule has 0 aromatic heterocycles. The zero-order chi connectivity index (χ0) is 15.1. The third kappa shape index (κ3) is 4.10. The number of nitrogens with one attached hydrogen (secondary N) is 1. The molecule has 0 saturated carbocycles. The highest BCUT2D eigenvalue weighted by atomic mass is 16.6. The highest BCUT2D eigenvalue weighted by molar-refractivity contribution is 5.74. The van der Waals surface area contributed by atoms with Crippen LogP contribution in [-0.4, -0.2) is 18.1 Å². The SMILES string of the molecule is Nc1cccc(NCCCOc2ccccc2)c1[N+](=O)[O-]. The molecule has 2 aromatic rings. The fourth-order valence-corrected chi connectivity index (χ4v) is 1.91. The monoisotopic (exact) mass is 287 g/mol. The van der Waals surface area contributed by atoms with Crippen LogP contribution in [0.3, 0.4) is 0 Å². The molecule has 0 aliphatic heterocycles. The Hall–Kier alpha value is -2.76. The van der Waals surface area contributed by atoms with Crippen molar-refractivity contribution in [3.05, 3.63) is 58.6 Å². The summed E-state index contributed by atoms with van der Waals surface area (Å²) < 4.78 is 5.55. The number of ether oxygens (including phenoxy) is 1. The molecule has 0 atom stereocenters. The molecule has 0 saturated heterocycles. The lowest BCUT2D eigenvalue weighted by Gasteiger charge is -2.09. The van der Waals surface area contributed by atoms with Gasteiger partial charge in [-0.15, -0.1) is 0 Å². The average molecular weight is 287 g/mol. The molecule has 0 spiro atoms. The van der Waals surface area contributed by atoms with Crippen LogP contribution in [0.25, 0.3) is 0 Å². The molecule has 0 fully saturated rings. The maximum Gasteiger partial charge on any atom is 0.314 e. The summed E-state index contributed by atoms with van der Waals surface area (Å²) in [4.78, 5) is 10.5. The zero-order valence-corrected chi connectivity index (χ0v) is 11.5. The van der Waals surface area contributed by atoms with Crippen molar-refractivity contribution in [3.63, 3.8) is 0 Å². The quantitative estimate of drug-likeness (QED) is 0.353. The van der Waals surface area contributed by atoms with Gasteiger partial charge in [-0.2, -0.15) is 0 Å². The second-order valence-corrected chi connectivity index (χ2v) is 4.44. The van der Waals surface area contributed by atoms with Crippen LogP contribution in [0.2, 0.25) is 0 Å². The fourth-order valence-electron chi connectivity index (χ4n) is 1.91. The van der Waals surface area contributed by atoms with E-state index in [4.69, 9.17) is 10.5 Å². The number of nitrogens with two attached hydrogens (primary N) is 1. The third-order valence-electron chi connectivity index (χ3n) is 2.90. The van der Waals surface area contributed by atoms with Crippen LogP contribution in [0.4, 0.5) is 17.1 Å². The molecule has 0 aliphatic carbocycles. The van der Waals surface area contributed by atoms with Crippen LogP contribution < -0.4 is 15.8 Å². The van der Waals surface area contributed by atoms with E-state index < -0.39 is 4.92 Å². The molecule has 0 heterocycles. The van der Waals surface area contributed by atoms with Gasteiger partial charge < -0.3 is 15.8 Å². The van der Waals surface area contributed by atoms with Crippen molar-refractivity contribution < 1.29 is 9.66 Å². The minimum absolute atomic E-state index is 0.0820. The van der Waals surface area contributed by atoms with Crippen molar-refractivity contribution in [2.75, 3.05) is 24.2 Å². The van der Waals surface area contributed by atoms with Gasteiger partial charge in [0.2, 0.25) is 0 Å². The van der Waals surface area contributed by atoms with E-state index in [-0.39, 0.29) is 11.4 Å². The van der Waals surface area contributed by atoms with Crippen molar-refractivity contribution in [2.24, 2.45) is 0 Å². The van der Waals surface area contributed by atoms with Crippen molar-refractivity contribution >= 4 is 17.1 Å². The molecule has 110 valence electrons. The number of hydrogen-bond donors (Lipinski definition) is 2. The van der Waals surface area contributed by atoms with Gasteiger partial charge in [0.15, 0.2) is 0 Å². The van der Waals surface area contributed by atoms with Crippen molar-refractivity contribution in [1.82, 2.24) is 0 Å². The van der Waals surface area contributed by atoms with Crippen LogP contribution >= 0.6 is 0 Å². The van der Waals surface area contributed by atoms with Gasteiger partial charge in [-0.1, -0.05) is 24.3 Å². The largest absolute Gasteiger partial charge is 0.494 e. The van der Waals surface area contributed by atoms with E-state index in [1.54, 1.807) is 12.1 Å². The van der Waals surface area contributed by atoms with E-state index in [1.165, 1.54) is 6.07 Å². The van der Waals surface area contributed by atoms with Gasteiger partial charge in [-0.25, -0.2) is 0 Å². The lowest BCUT2D eigenvalue weighted by Crippen LogP contribution is -2.09. The second-order valence-electron chi connectivity index (χ2n) is 4.44. The van der Waals surface area contributed by atoms with Crippen LogP contribution in [0.1, 0.15) is 6.42 Å². The molecule has 0 aliphatic rings. The number of hydrogen-bond acceptors (Lipinski definition) is 5. The van der Waals surface area contributed by atoms with Gasteiger partial charge in [-0.3, -0.25) is 10.1 Å². The maximum absolute atomic E-state index is 11.0. The molecule has 0 amide bonds. The number of nitrogen functional groups attached to an aromatic ring is 1. The summed E-state index contributed by atoms with van der Waals surface area (Å²) in [5.41, 5.74) is 6.13. The Morgan fingerprint density at radius 1 is 1.14 bits per heavy atom. The minimum Gasteiger partial charge on any atom is -0.494 e. The Morgan fingerprint density at radius 2 is 1.90 bits per heavy atom. The molecule has 6 heteroatoms. The van der Waals surface area contributed by atoms with Gasteiger partial charge in [0.05, 0.1) is 11.5 Å². The van der Waals surface area contributed by atoms with Crippen molar-refractivity contribution in [2.45, 2.75) is 6.42 Å². The Kier molecular flexibility index (Phi) is 4.98. The van der Waals surface area contributed by atoms with E-state index in [2.05, 4.69) is 5.32 Å². The van der Waals surface area contributed by atoms with E-state index in [0.29, 0.717) is 18.8 Å². The lowest BCUT2D eigenvalue weighted by molar-refractivity contribution is -0.383. The minimum atomic E-state index is -0.474. The number of nitro benzene ring substituents is 1. The van der Waals surface area contributed by atoms with Gasteiger partial charge in [0, 0.05) is 6.54 Å². The van der Waals surface area contributed by atoms with Gasteiger partial charge in [-0.05, 0) is 30.7 Å². The first-order valence-electron chi connectivity index (χ1n) is 6.63. The number of anilines is 2. The summed E-state index contributed by atoms with van der Waals surface area (Å²) in [6, 6.07) is 14.4. The predicted octanol–water partition coefficient (Wildman–Crippen LogP) is 3.06. The smallest absolute Gasteiger partial charge is 0.314 e. The van der Waals surface area contributed by atoms with E-state index in [1.807, 2.05) is 30.3 Å². The first-order valence-corrected chi connectivity index (χ1v) is 6.63. The molecule has 21 heavy (non-hydrogen) atoms. The highest BCUT2D eigenvalue weighted by Crippen LogP contribution is 2.30. The number of nitro groups is 1.